The lowest BCUT2D eigenvalue weighted by atomic mass is 9.92. The molecule has 3 heterocycles. The fourth-order valence-corrected chi connectivity index (χ4v) is 7.83. The molecule has 212 valence electrons. The normalized spacial score (nSPS) is 22.2. The van der Waals surface area contributed by atoms with Crippen molar-refractivity contribution in [3.8, 4) is 28.7 Å². The molecular formula is C29H39N2O7P. The van der Waals surface area contributed by atoms with Gasteiger partial charge in [0.25, 0.3) is 0 Å². The van der Waals surface area contributed by atoms with Gasteiger partial charge < -0.3 is 28.2 Å². The smallest absolute Gasteiger partial charge is 0.203 e. The first-order valence-corrected chi connectivity index (χ1v) is 14.9. The van der Waals surface area contributed by atoms with E-state index in [4.69, 9.17) is 28.2 Å². The van der Waals surface area contributed by atoms with Gasteiger partial charge >= 0.3 is 0 Å². The second-order valence-electron chi connectivity index (χ2n) is 10.0. The highest BCUT2D eigenvalue weighted by atomic mass is 31.2. The standard InChI is InChI=1S/C29H39N2O7P/c1-33-21-18-24(36-4)26-25(19-21)37-28(20-11-12-22(34-2)23(17-20)35-3)29(27(26)32)38-39(30-13-7-5-8-14-30)31-15-9-6-10-16-31/h11-12,17-19,28-29H,5-10,13-16H2,1-4H3. The molecule has 0 amide bonds. The third-order valence-electron chi connectivity index (χ3n) is 7.62. The number of rotatable bonds is 9. The highest BCUT2D eigenvalue weighted by Crippen LogP contribution is 2.53. The van der Waals surface area contributed by atoms with Gasteiger partial charge in [-0.2, -0.15) is 0 Å². The van der Waals surface area contributed by atoms with Crippen molar-refractivity contribution in [2.75, 3.05) is 54.6 Å². The van der Waals surface area contributed by atoms with E-state index in [1.165, 1.54) is 12.8 Å². The lowest BCUT2D eigenvalue weighted by molar-refractivity contribution is 0.0283. The molecule has 0 N–H and O–H groups in total. The van der Waals surface area contributed by atoms with Crippen LogP contribution in [0.15, 0.2) is 30.3 Å². The molecule has 2 fully saturated rings. The third kappa shape index (κ3) is 5.82. The zero-order valence-corrected chi connectivity index (χ0v) is 24.2. The summed E-state index contributed by atoms with van der Waals surface area (Å²) in [6, 6.07) is 9.05. The Kier molecular flexibility index (Phi) is 9.13. The van der Waals surface area contributed by atoms with E-state index in [0.29, 0.717) is 34.3 Å². The van der Waals surface area contributed by atoms with Gasteiger partial charge in [-0.1, -0.05) is 18.9 Å². The molecule has 3 aliphatic heterocycles. The van der Waals surface area contributed by atoms with E-state index < -0.39 is 20.7 Å². The molecule has 0 aromatic heterocycles. The quantitative estimate of drug-likeness (QED) is 0.364. The molecule has 0 saturated carbocycles. The predicted molar refractivity (Wildman–Crippen MR) is 149 cm³/mol. The van der Waals surface area contributed by atoms with Crippen molar-refractivity contribution in [2.45, 2.75) is 50.7 Å². The first kappa shape index (κ1) is 28.0. The number of fused-ring (bicyclic) bond motifs is 1. The van der Waals surface area contributed by atoms with Crippen LogP contribution in [0.2, 0.25) is 0 Å². The van der Waals surface area contributed by atoms with E-state index in [-0.39, 0.29) is 5.78 Å². The van der Waals surface area contributed by atoms with Gasteiger partial charge in [0.1, 0.15) is 22.8 Å². The Labute approximate surface area is 232 Å². The number of piperidine rings is 2. The first-order valence-electron chi connectivity index (χ1n) is 13.7. The molecule has 0 spiro atoms. The summed E-state index contributed by atoms with van der Waals surface area (Å²) in [5.74, 6) is 2.39. The van der Waals surface area contributed by atoms with Crippen molar-refractivity contribution in [3.63, 3.8) is 0 Å². The van der Waals surface area contributed by atoms with Crippen LogP contribution in [0.1, 0.15) is 60.6 Å². The van der Waals surface area contributed by atoms with Crippen LogP contribution < -0.4 is 23.7 Å². The molecular weight excluding hydrogens is 519 g/mol. The maximum absolute atomic E-state index is 14.4. The van der Waals surface area contributed by atoms with Crippen LogP contribution in [0.5, 0.6) is 28.7 Å². The molecule has 2 aromatic rings. The average molecular weight is 559 g/mol. The van der Waals surface area contributed by atoms with Crippen molar-refractivity contribution in [2.24, 2.45) is 0 Å². The largest absolute Gasteiger partial charge is 0.496 e. The number of hydrogen-bond donors (Lipinski definition) is 0. The number of benzene rings is 2. The summed E-state index contributed by atoms with van der Waals surface area (Å²) in [5.41, 5.74) is 1.15. The van der Waals surface area contributed by atoms with Gasteiger partial charge in [0.15, 0.2) is 32.2 Å². The first-order chi connectivity index (χ1) is 19.1. The number of nitrogens with zero attached hydrogens (tertiary/aromatic N) is 2. The van der Waals surface area contributed by atoms with Gasteiger partial charge in [0.2, 0.25) is 5.78 Å². The minimum Gasteiger partial charge on any atom is -0.496 e. The van der Waals surface area contributed by atoms with E-state index in [9.17, 15) is 4.79 Å². The molecule has 10 heteroatoms. The molecule has 0 bridgehead atoms. The van der Waals surface area contributed by atoms with Crippen LogP contribution in [0.25, 0.3) is 0 Å². The van der Waals surface area contributed by atoms with Gasteiger partial charge in [0.05, 0.1) is 28.4 Å². The molecule has 2 atom stereocenters. The van der Waals surface area contributed by atoms with E-state index in [1.807, 2.05) is 18.2 Å². The fourth-order valence-electron chi connectivity index (χ4n) is 5.54. The maximum atomic E-state index is 14.4. The summed E-state index contributed by atoms with van der Waals surface area (Å²) in [6.07, 6.45) is 5.45. The van der Waals surface area contributed by atoms with Crippen molar-refractivity contribution in [3.05, 3.63) is 41.5 Å². The van der Waals surface area contributed by atoms with Gasteiger partial charge in [-0.15, -0.1) is 0 Å². The molecule has 9 nitrogen and oxygen atoms in total. The van der Waals surface area contributed by atoms with Crippen LogP contribution in [-0.4, -0.2) is 75.8 Å². The third-order valence-corrected chi connectivity index (χ3v) is 9.81. The Morgan fingerprint density at radius 2 is 1.36 bits per heavy atom. The molecule has 0 aliphatic carbocycles. The number of carbonyl (C=O) groups is 1. The summed E-state index contributed by atoms with van der Waals surface area (Å²) in [4.78, 5) is 14.4. The summed E-state index contributed by atoms with van der Waals surface area (Å²) in [7, 11) is 5.17. The van der Waals surface area contributed by atoms with E-state index >= 15 is 0 Å². The van der Waals surface area contributed by atoms with Crippen molar-refractivity contribution >= 4 is 14.2 Å². The van der Waals surface area contributed by atoms with Crippen molar-refractivity contribution in [1.82, 2.24) is 9.34 Å². The van der Waals surface area contributed by atoms with Gasteiger partial charge in [-0.05, 0) is 43.4 Å². The minimum absolute atomic E-state index is 0.156. The second-order valence-corrected chi connectivity index (χ2v) is 11.9. The van der Waals surface area contributed by atoms with Crippen LogP contribution in [0, 0.1) is 0 Å². The molecule has 5 rings (SSSR count). The molecule has 2 aromatic carbocycles. The molecule has 39 heavy (non-hydrogen) atoms. The number of hydrogen-bond acceptors (Lipinski definition) is 9. The second kappa shape index (κ2) is 12.7. The predicted octanol–water partition coefficient (Wildman–Crippen LogP) is 5.62. The zero-order chi connectivity index (χ0) is 27.4. The SMILES string of the molecule is COc1cc(OC)c2c(c1)OC(c1ccc(OC)c(OC)c1)C(OP(N1CCCCC1)N1CCCCC1)C2=O. The monoisotopic (exact) mass is 558 g/mol. The van der Waals surface area contributed by atoms with E-state index in [0.717, 1.165) is 57.4 Å². The van der Waals surface area contributed by atoms with Crippen LogP contribution in [-0.2, 0) is 4.52 Å². The zero-order valence-electron chi connectivity index (χ0n) is 23.3. The lowest BCUT2D eigenvalue weighted by Gasteiger charge is -2.44. The van der Waals surface area contributed by atoms with Gasteiger partial charge in [0, 0.05) is 38.3 Å². The summed E-state index contributed by atoms with van der Waals surface area (Å²) >= 11 is 0. The van der Waals surface area contributed by atoms with Crippen LogP contribution in [0.3, 0.4) is 0 Å². The number of carbonyl (C=O) groups excluding carboxylic acids is 1. The number of methoxy groups -OCH3 is 4. The minimum atomic E-state index is -1.15. The lowest BCUT2D eigenvalue weighted by Crippen LogP contribution is -2.42. The summed E-state index contributed by atoms with van der Waals surface area (Å²) < 4.78 is 40.6. The van der Waals surface area contributed by atoms with Crippen LogP contribution >= 0.6 is 8.45 Å². The highest BCUT2D eigenvalue weighted by molar-refractivity contribution is 7.47. The maximum Gasteiger partial charge on any atom is 0.203 e. The van der Waals surface area contributed by atoms with E-state index in [2.05, 4.69) is 9.34 Å². The molecule has 3 aliphatic rings. The molecule has 2 saturated heterocycles. The van der Waals surface area contributed by atoms with Gasteiger partial charge in [-0.25, -0.2) is 9.34 Å². The Hall–Kier alpha value is -2.58. The number of Topliss-reactive ketones (excluding diaryl/α,β-unsaturated/α-hetero) is 1. The highest BCUT2D eigenvalue weighted by Gasteiger charge is 2.45. The summed E-state index contributed by atoms with van der Waals surface area (Å²) in [6.45, 7) is 3.90. The van der Waals surface area contributed by atoms with Crippen LogP contribution in [0.4, 0.5) is 0 Å². The molecule has 0 radical (unpaired) electrons. The van der Waals surface area contributed by atoms with E-state index in [1.54, 1.807) is 40.6 Å². The Bertz CT molecular complexity index is 1130. The summed E-state index contributed by atoms with van der Waals surface area (Å²) in [5, 5.41) is 0. The Morgan fingerprint density at radius 3 is 1.92 bits per heavy atom. The fraction of sp³-hybridized carbons (Fsp3) is 0.552. The van der Waals surface area contributed by atoms with Gasteiger partial charge in [-0.3, -0.25) is 4.79 Å². The number of ketones is 1. The van der Waals surface area contributed by atoms with Crippen molar-refractivity contribution < 1.29 is 33.0 Å². The topological polar surface area (TPSA) is 78.9 Å². The Balaban J connectivity index is 1.58. The average Bonchev–Trinajstić information content (AvgIpc) is 3.00. The molecule has 2 unspecified atom stereocenters. The Morgan fingerprint density at radius 1 is 0.744 bits per heavy atom. The number of ether oxygens (including phenoxy) is 5. The van der Waals surface area contributed by atoms with Crippen molar-refractivity contribution in [1.29, 1.82) is 0 Å².